The molecule has 300 valence electrons. The van der Waals surface area contributed by atoms with E-state index < -0.39 is 0 Å². The second-order valence-electron chi connectivity index (χ2n) is 17.6. The summed E-state index contributed by atoms with van der Waals surface area (Å²) in [6.07, 6.45) is 0. The molecular formula is C61H40N2O. The number of furan rings is 1. The van der Waals surface area contributed by atoms with Gasteiger partial charge in [0, 0.05) is 32.9 Å². The summed E-state index contributed by atoms with van der Waals surface area (Å²) in [6.45, 7) is 4.75. The first-order valence-electron chi connectivity index (χ1n) is 22.1. The molecule has 0 atom stereocenters. The minimum absolute atomic E-state index is 0.0948. The van der Waals surface area contributed by atoms with Gasteiger partial charge in [0.2, 0.25) is 0 Å². The van der Waals surface area contributed by atoms with E-state index in [-0.39, 0.29) is 5.41 Å². The monoisotopic (exact) mass is 816 g/mol. The molecule has 3 nitrogen and oxygen atoms in total. The zero-order valence-electron chi connectivity index (χ0n) is 35.4. The Labute approximate surface area is 371 Å². The minimum atomic E-state index is -0.0948. The molecular weight excluding hydrogens is 777 g/mol. The molecule has 3 heteroatoms. The Bertz CT molecular complexity index is 3880. The first kappa shape index (κ1) is 36.5. The highest BCUT2D eigenvalue weighted by Crippen LogP contribution is 2.53. The van der Waals surface area contributed by atoms with Crippen LogP contribution in [-0.4, -0.2) is 9.97 Å². The van der Waals surface area contributed by atoms with E-state index in [1.165, 1.54) is 71.4 Å². The van der Waals surface area contributed by atoms with Gasteiger partial charge in [0.15, 0.2) is 5.82 Å². The fourth-order valence-corrected chi connectivity index (χ4v) is 10.8. The Morgan fingerprint density at radius 2 is 0.922 bits per heavy atom. The van der Waals surface area contributed by atoms with Crippen LogP contribution < -0.4 is 0 Å². The average molecular weight is 817 g/mol. The molecule has 1 aliphatic carbocycles. The zero-order valence-corrected chi connectivity index (χ0v) is 35.4. The first-order chi connectivity index (χ1) is 31.5. The lowest BCUT2D eigenvalue weighted by Gasteiger charge is -2.23. The highest BCUT2D eigenvalue weighted by Gasteiger charge is 2.37. The molecule has 0 saturated carbocycles. The maximum absolute atomic E-state index is 6.33. The molecule has 0 radical (unpaired) electrons. The van der Waals surface area contributed by atoms with Gasteiger partial charge in [-0.2, -0.15) is 0 Å². The van der Waals surface area contributed by atoms with E-state index in [9.17, 15) is 0 Å². The molecule has 0 bridgehead atoms. The molecule has 2 aromatic heterocycles. The smallest absolute Gasteiger partial charge is 0.160 e. The highest BCUT2D eigenvalue weighted by atomic mass is 16.3. The van der Waals surface area contributed by atoms with Gasteiger partial charge in [-0.25, -0.2) is 9.97 Å². The lowest BCUT2D eigenvalue weighted by molar-refractivity contribution is 0.666. The van der Waals surface area contributed by atoms with Crippen molar-refractivity contribution < 1.29 is 4.42 Å². The maximum atomic E-state index is 6.33. The third kappa shape index (κ3) is 5.47. The second kappa shape index (κ2) is 13.9. The van der Waals surface area contributed by atoms with Crippen LogP contribution in [0.4, 0.5) is 0 Å². The van der Waals surface area contributed by atoms with Crippen LogP contribution >= 0.6 is 0 Å². The van der Waals surface area contributed by atoms with Crippen LogP contribution in [0.3, 0.4) is 0 Å². The number of hydrogen-bond donors (Lipinski definition) is 0. The van der Waals surface area contributed by atoms with E-state index in [0.29, 0.717) is 5.82 Å². The Hall–Kier alpha value is -8.14. The fourth-order valence-electron chi connectivity index (χ4n) is 10.8. The minimum Gasteiger partial charge on any atom is -0.456 e. The van der Waals surface area contributed by atoms with Crippen molar-refractivity contribution in [3.8, 4) is 67.3 Å². The van der Waals surface area contributed by atoms with Gasteiger partial charge in [-0.05, 0) is 101 Å². The highest BCUT2D eigenvalue weighted by molar-refractivity contribution is 6.14. The van der Waals surface area contributed by atoms with Crippen LogP contribution in [-0.2, 0) is 5.41 Å². The van der Waals surface area contributed by atoms with E-state index in [4.69, 9.17) is 14.4 Å². The number of para-hydroxylation sites is 1. The van der Waals surface area contributed by atoms with E-state index in [1.54, 1.807) is 0 Å². The molecule has 12 aromatic rings. The summed E-state index contributed by atoms with van der Waals surface area (Å²) in [5, 5.41) is 9.52. The number of rotatable bonds is 5. The van der Waals surface area contributed by atoms with Crippen LogP contribution in [0.25, 0.3) is 122 Å². The first-order valence-corrected chi connectivity index (χ1v) is 22.1. The molecule has 0 fully saturated rings. The molecule has 0 amide bonds. The number of nitrogens with zero attached hydrogens (tertiary/aromatic N) is 2. The summed E-state index contributed by atoms with van der Waals surface area (Å²) < 4.78 is 6.33. The summed E-state index contributed by atoms with van der Waals surface area (Å²) in [4.78, 5) is 10.6. The summed E-state index contributed by atoms with van der Waals surface area (Å²) in [5.41, 5.74) is 16.7. The molecule has 10 aromatic carbocycles. The molecule has 1 aliphatic rings. The molecule has 0 aliphatic heterocycles. The Morgan fingerprint density at radius 1 is 0.359 bits per heavy atom. The maximum Gasteiger partial charge on any atom is 0.160 e. The summed E-state index contributed by atoms with van der Waals surface area (Å²) >= 11 is 0. The van der Waals surface area contributed by atoms with Crippen molar-refractivity contribution in [2.45, 2.75) is 19.3 Å². The van der Waals surface area contributed by atoms with Gasteiger partial charge in [-0.3, -0.25) is 0 Å². The van der Waals surface area contributed by atoms with Gasteiger partial charge in [-0.15, -0.1) is 0 Å². The van der Waals surface area contributed by atoms with Crippen LogP contribution in [0.2, 0.25) is 0 Å². The topological polar surface area (TPSA) is 38.9 Å². The molecule has 13 rings (SSSR count). The normalized spacial score (nSPS) is 13.0. The predicted molar refractivity (Wildman–Crippen MR) is 267 cm³/mol. The summed E-state index contributed by atoms with van der Waals surface area (Å²) in [6, 6.07) is 74.2. The Morgan fingerprint density at radius 3 is 1.67 bits per heavy atom. The van der Waals surface area contributed by atoms with Crippen LogP contribution in [0.15, 0.2) is 211 Å². The summed E-state index contributed by atoms with van der Waals surface area (Å²) in [5.74, 6) is 0.680. The van der Waals surface area contributed by atoms with Crippen LogP contribution in [0, 0.1) is 0 Å². The molecule has 0 N–H and O–H groups in total. The molecule has 0 saturated heterocycles. The Kier molecular flexibility index (Phi) is 7.95. The molecule has 0 unspecified atom stereocenters. The largest absolute Gasteiger partial charge is 0.456 e. The number of hydrogen-bond acceptors (Lipinski definition) is 3. The molecule has 0 spiro atoms. The van der Waals surface area contributed by atoms with Crippen LogP contribution in [0.5, 0.6) is 0 Å². The predicted octanol–water partition coefficient (Wildman–Crippen LogP) is 16.5. The standard InChI is InChI=1S/C61H40N2O/c1-61(2)53-34-28-39(35-52(53)49-29-27-37-15-6-7-18-41(37)59(49)61)40-30-31-46(43-20-9-8-19-42(40)43)47-32-33-48(45-22-11-10-21-44(45)47)54-36-55(63-60(62-54)38-16-4-3-5-17-38)50-24-14-26-57-58(50)51-23-12-13-25-56(51)64-57/h3-36H,1-2H3. The third-order valence-corrected chi connectivity index (χ3v) is 13.7. The molecule has 2 heterocycles. The quantitative estimate of drug-likeness (QED) is 0.174. The van der Waals surface area contributed by atoms with Gasteiger partial charge in [-0.1, -0.05) is 196 Å². The van der Waals surface area contributed by atoms with Gasteiger partial charge in [0.1, 0.15) is 11.2 Å². The zero-order chi connectivity index (χ0) is 42.5. The van der Waals surface area contributed by atoms with E-state index >= 15 is 0 Å². The lowest BCUT2D eigenvalue weighted by Crippen LogP contribution is -2.15. The fraction of sp³-hybridized carbons (Fsp3) is 0.0492. The van der Waals surface area contributed by atoms with Crippen molar-refractivity contribution in [3.05, 3.63) is 217 Å². The average Bonchev–Trinajstić information content (AvgIpc) is 3.85. The number of fused-ring (bicyclic) bond motifs is 10. The third-order valence-electron chi connectivity index (χ3n) is 13.7. The van der Waals surface area contributed by atoms with Crippen molar-refractivity contribution in [1.82, 2.24) is 9.97 Å². The second-order valence-corrected chi connectivity index (χ2v) is 17.6. The van der Waals surface area contributed by atoms with Crippen molar-refractivity contribution >= 4 is 54.3 Å². The summed E-state index contributed by atoms with van der Waals surface area (Å²) in [7, 11) is 0. The van der Waals surface area contributed by atoms with Gasteiger partial charge in [0.25, 0.3) is 0 Å². The Balaban J connectivity index is 0.964. The van der Waals surface area contributed by atoms with Gasteiger partial charge in [0.05, 0.1) is 11.4 Å². The van der Waals surface area contributed by atoms with E-state index in [0.717, 1.165) is 55.4 Å². The number of aromatic nitrogens is 2. The van der Waals surface area contributed by atoms with Crippen molar-refractivity contribution in [2.75, 3.05) is 0 Å². The van der Waals surface area contributed by atoms with Crippen molar-refractivity contribution in [2.24, 2.45) is 0 Å². The number of benzene rings is 10. The van der Waals surface area contributed by atoms with Gasteiger partial charge < -0.3 is 4.42 Å². The van der Waals surface area contributed by atoms with Gasteiger partial charge >= 0.3 is 0 Å². The van der Waals surface area contributed by atoms with Crippen molar-refractivity contribution in [3.63, 3.8) is 0 Å². The van der Waals surface area contributed by atoms with Crippen molar-refractivity contribution in [1.29, 1.82) is 0 Å². The van der Waals surface area contributed by atoms with Crippen LogP contribution in [0.1, 0.15) is 25.0 Å². The SMILES string of the molecule is CC1(C)c2ccc(-c3ccc(-c4ccc(-c5cc(-c6cccc7oc8ccccc8c67)nc(-c6ccccc6)n5)c5ccccc45)c4ccccc34)cc2-c2ccc3ccccc3c21. The molecule has 64 heavy (non-hydrogen) atoms. The van der Waals surface area contributed by atoms with E-state index in [1.807, 2.05) is 36.4 Å². The lowest BCUT2D eigenvalue weighted by atomic mass is 9.80. The van der Waals surface area contributed by atoms with E-state index in [2.05, 4.69) is 184 Å².